The topological polar surface area (TPSA) is 74.3 Å². The Bertz CT molecular complexity index is 490. The molecule has 0 aliphatic carbocycles. The van der Waals surface area contributed by atoms with Gasteiger partial charge in [0.2, 0.25) is 0 Å². The van der Waals surface area contributed by atoms with Crippen LogP contribution in [0.15, 0.2) is 18.5 Å². The van der Waals surface area contributed by atoms with E-state index in [1.807, 2.05) is 13.8 Å². The highest BCUT2D eigenvalue weighted by Crippen LogP contribution is 2.14. The van der Waals surface area contributed by atoms with E-state index in [0.29, 0.717) is 12.2 Å². The summed E-state index contributed by atoms with van der Waals surface area (Å²) in [4.78, 5) is 3.92. The first kappa shape index (κ1) is 15.9. The fraction of sp³-hybridized carbons (Fsp3) is 0.583. The van der Waals surface area contributed by atoms with E-state index in [1.54, 1.807) is 19.3 Å². The lowest BCUT2D eigenvalue weighted by Gasteiger charge is -2.19. The fourth-order valence-corrected chi connectivity index (χ4v) is 2.53. The van der Waals surface area contributed by atoms with Gasteiger partial charge in [-0.15, -0.1) is 0 Å². The lowest BCUT2D eigenvalue weighted by molar-refractivity contribution is 0.459. The Kier molecular flexibility index (Phi) is 6.20. The summed E-state index contributed by atoms with van der Waals surface area (Å²) < 4.78 is 28.0. The number of nitrogens with zero attached hydrogens (tertiary/aromatic N) is 2. The molecule has 0 saturated heterocycles. The van der Waals surface area contributed by atoms with Gasteiger partial charge in [0, 0.05) is 19.8 Å². The van der Waals surface area contributed by atoms with Crippen molar-refractivity contribution >= 4 is 15.9 Å². The Morgan fingerprint density at radius 3 is 2.79 bits per heavy atom. The monoisotopic (exact) mass is 286 g/mol. The van der Waals surface area contributed by atoms with Crippen molar-refractivity contribution in [2.24, 2.45) is 0 Å². The molecule has 19 heavy (non-hydrogen) atoms. The molecule has 0 aromatic carbocycles. The summed E-state index contributed by atoms with van der Waals surface area (Å²) in [5.74, 6) is 0. The number of nitrogens with one attached hydrogen (secondary N) is 2. The molecule has 1 heterocycles. The third-order valence-electron chi connectivity index (χ3n) is 2.76. The smallest absolute Gasteiger partial charge is 0.301 e. The predicted octanol–water partition coefficient (Wildman–Crippen LogP) is 0.978. The van der Waals surface area contributed by atoms with E-state index in [4.69, 9.17) is 0 Å². The van der Waals surface area contributed by atoms with E-state index in [2.05, 4.69) is 15.0 Å². The lowest BCUT2D eigenvalue weighted by Crippen LogP contribution is -2.34. The van der Waals surface area contributed by atoms with Crippen LogP contribution >= 0.6 is 0 Å². The van der Waals surface area contributed by atoms with Crippen LogP contribution in [-0.2, 0) is 10.2 Å². The summed E-state index contributed by atoms with van der Waals surface area (Å²) in [6.45, 7) is 6.03. The van der Waals surface area contributed by atoms with Crippen LogP contribution < -0.4 is 10.0 Å². The Hall–Kier alpha value is -1.18. The number of rotatable bonds is 8. The maximum Gasteiger partial charge on any atom is 0.301 e. The van der Waals surface area contributed by atoms with Crippen molar-refractivity contribution in [3.05, 3.63) is 24.0 Å². The minimum Gasteiger partial charge on any atom is -0.317 e. The third-order valence-corrected chi connectivity index (χ3v) is 4.25. The molecule has 7 heteroatoms. The van der Waals surface area contributed by atoms with E-state index < -0.39 is 10.2 Å². The molecule has 0 aliphatic rings. The first-order chi connectivity index (χ1) is 8.97. The molecule has 0 aliphatic heterocycles. The van der Waals surface area contributed by atoms with Crippen LogP contribution in [-0.4, -0.2) is 44.4 Å². The lowest BCUT2D eigenvalue weighted by atomic mass is 10.3. The van der Waals surface area contributed by atoms with Gasteiger partial charge < -0.3 is 5.32 Å². The van der Waals surface area contributed by atoms with E-state index >= 15 is 0 Å². The number of aromatic nitrogens is 1. The summed E-state index contributed by atoms with van der Waals surface area (Å²) in [5, 5.41) is 3.16. The molecule has 1 aromatic rings. The van der Waals surface area contributed by atoms with Crippen molar-refractivity contribution in [2.45, 2.75) is 20.3 Å². The quantitative estimate of drug-likeness (QED) is 0.699. The van der Waals surface area contributed by atoms with Crippen LogP contribution in [0.3, 0.4) is 0 Å². The summed E-state index contributed by atoms with van der Waals surface area (Å²) >= 11 is 0. The van der Waals surface area contributed by atoms with Crippen molar-refractivity contribution in [3.63, 3.8) is 0 Å². The minimum absolute atomic E-state index is 0.474. The molecule has 0 atom stereocenters. The second-order valence-corrected chi connectivity index (χ2v) is 6.10. The summed E-state index contributed by atoms with van der Waals surface area (Å²) in [6.07, 6.45) is 3.92. The molecule has 0 bridgehead atoms. The molecule has 6 nitrogen and oxygen atoms in total. The highest BCUT2D eigenvalue weighted by molar-refractivity contribution is 7.90. The Morgan fingerprint density at radius 1 is 1.42 bits per heavy atom. The van der Waals surface area contributed by atoms with Gasteiger partial charge in [0.05, 0.1) is 11.9 Å². The van der Waals surface area contributed by atoms with E-state index in [-0.39, 0.29) is 0 Å². The van der Waals surface area contributed by atoms with Crippen molar-refractivity contribution in [2.75, 3.05) is 31.4 Å². The molecule has 1 aromatic heterocycles. The molecule has 0 unspecified atom stereocenters. The van der Waals surface area contributed by atoms with Crippen molar-refractivity contribution in [1.29, 1.82) is 0 Å². The van der Waals surface area contributed by atoms with Crippen molar-refractivity contribution in [1.82, 2.24) is 14.6 Å². The van der Waals surface area contributed by atoms with E-state index in [0.717, 1.165) is 25.1 Å². The normalized spacial score (nSPS) is 11.8. The zero-order valence-corrected chi connectivity index (χ0v) is 12.5. The number of hydrogen-bond donors (Lipinski definition) is 2. The summed E-state index contributed by atoms with van der Waals surface area (Å²) in [5.41, 5.74) is 1.36. The molecule has 1 rings (SSSR count). The third kappa shape index (κ3) is 5.14. The number of aryl methyl sites for hydroxylation is 1. The molecule has 0 spiro atoms. The van der Waals surface area contributed by atoms with Crippen LogP contribution in [0.1, 0.15) is 18.9 Å². The Labute approximate surface area is 115 Å². The van der Waals surface area contributed by atoms with Crippen LogP contribution in [0.25, 0.3) is 0 Å². The fourth-order valence-electron chi connectivity index (χ4n) is 1.51. The second-order valence-electron chi connectivity index (χ2n) is 4.33. The molecule has 0 radical (unpaired) electrons. The largest absolute Gasteiger partial charge is 0.317 e. The second kappa shape index (κ2) is 7.42. The van der Waals surface area contributed by atoms with Gasteiger partial charge in [-0.25, -0.2) is 0 Å². The highest BCUT2D eigenvalue weighted by atomic mass is 32.2. The average Bonchev–Trinajstić information content (AvgIpc) is 2.37. The van der Waals surface area contributed by atoms with Crippen LogP contribution in [0.4, 0.5) is 5.69 Å². The van der Waals surface area contributed by atoms with Gasteiger partial charge in [0.1, 0.15) is 0 Å². The van der Waals surface area contributed by atoms with E-state index in [1.165, 1.54) is 10.5 Å². The SMILES string of the molecule is CCNCCCN(C)S(=O)(=O)Nc1cnccc1C. The molecular formula is C12H22N4O2S. The molecule has 0 saturated carbocycles. The van der Waals surface area contributed by atoms with Crippen molar-refractivity contribution in [3.8, 4) is 0 Å². The van der Waals surface area contributed by atoms with Gasteiger partial charge in [-0.05, 0) is 38.1 Å². The van der Waals surface area contributed by atoms with Crippen LogP contribution in [0.5, 0.6) is 0 Å². The first-order valence-electron chi connectivity index (χ1n) is 6.32. The molecule has 108 valence electrons. The predicted molar refractivity (Wildman–Crippen MR) is 77.3 cm³/mol. The van der Waals surface area contributed by atoms with Gasteiger partial charge in [0.15, 0.2) is 0 Å². The van der Waals surface area contributed by atoms with E-state index in [9.17, 15) is 8.42 Å². The number of hydrogen-bond acceptors (Lipinski definition) is 4. The number of anilines is 1. The van der Waals surface area contributed by atoms with Gasteiger partial charge >= 0.3 is 10.2 Å². The van der Waals surface area contributed by atoms with Gasteiger partial charge in [0.25, 0.3) is 0 Å². The molecule has 0 amide bonds. The summed E-state index contributed by atoms with van der Waals surface area (Å²) in [6, 6.07) is 1.77. The molecule has 2 N–H and O–H groups in total. The standard InChI is InChI=1S/C12H22N4O2S/c1-4-13-7-5-9-16(3)19(17,18)15-12-10-14-8-6-11(12)2/h6,8,10,13,15H,4-5,7,9H2,1-3H3. The molecular weight excluding hydrogens is 264 g/mol. The minimum atomic E-state index is -3.51. The van der Waals surface area contributed by atoms with Crippen molar-refractivity contribution < 1.29 is 8.42 Å². The zero-order chi connectivity index (χ0) is 14.3. The Morgan fingerprint density at radius 2 is 2.16 bits per heavy atom. The van der Waals surface area contributed by atoms with Gasteiger partial charge in [-0.3, -0.25) is 9.71 Å². The average molecular weight is 286 g/mol. The van der Waals surface area contributed by atoms with Crippen LogP contribution in [0.2, 0.25) is 0 Å². The maximum absolute atomic E-state index is 12.1. The summed E-state index contributed by atoms with van der Waals surface area (Å²) in [7, 11) is -1.94. The maximum atomic E-state index is 12.1. The van der Waals surface area contributed by atoms with Gasteiger partial charge in [-0.2, -0.15) is 12.7 Å². The van der Waals surface area contributed by atoms with Crippen LogP contribution in [0, 0.1) is 6.92 Å². The molecule has 0 fully saturated rings. The highest BCUT2D eigenvalue weighted by Gasteiger charge is 2.17. The first-order valence-corrected chi connectivity index (χ1v) is 7.76. The zero-order valence-electron chi connectivity index (χ0n) is 11.7. The Balaban J connectivity index is 2.58. The number of pyridine rings is 1. The van der Waals surface area contributed by atoms with Gasteiger partial charge in [-0.1, -0.05) is 6.92 Å².